The van der Waals surface area contributed by atoms with Crippen molar-refractivity contribution in [2.75, 3.05) is 4.90 Å². The molecule has 0 radical (unpaired) electrons. The molecule has 1 aliphatic rings. The Morgan fingerprint density at radius 3 is 1.52 bits per heavy atom. The van der Waals surface area contributed by atoms with E-state index in [1.165, 1.54) is 39.1 Å². The van der Waals surface area contributed by atoms with Gasteiger partial charge in [0.2, 0.25) is 0 Å². The van der Waals surface area contributed by atoms with Gasteiger partial charge < -0.3 is 9.32 Å². The fourth-order valence-electron chi connectivity index (χ4n) is 7.69. The number of aromatic nitrogens is 1. The number of anilines is 1. The van der Waals surface area contributed by atoms with Gasteiger partial charge in [-0.1, -0.05) is 127 Å². The molecule has 3 heteroatoms. The fourth-order valence-corrected chi connectivity index (χ4v) is 7.69. The first kappa shape index (κ1) is 30.1. The van der Waals surface area contributed by atoms with Crippen molar-refractivity contribution < 1.29 is 4.42 Å². The first-order chi connectivity index (χ1) is 25.7. The molecule has 3 nitrogen and oxygen atoms in total. The van der Waals surface area contributed by atoms with Gasteiger partial charge >= 0.3 is 0 Å². The third-order valence-electron chi connectivity index (χ3n) is 10.4. The van der Waals surface area contributed by atoms with Crippen LogP contribution >= 0.6 is 0 Å². The molecule has 7 aromatic carbocycles. The molecule has 0 saturated carbocycles. The van der Waals surface area contributed by atoms with Gasteiger partial charge in [0.25, 0.3) is 0 Å². The monoisotopic (exact) mass is 666 g/mol. The van der Waals surface area contributed by atoms with Gasteiger partial charge in [0.05, 0.1) is 11.4 Å². The molecule has 9 aromatic rings. The van der Waals surface area contributed by atoms with Crippen LogP contribution in [0.4, 0.5) is 5.69 Å². The third kappa shape index (κ3) is 5.44. The zero-order chi connectivity index (χ0) is 34.4. The Hall–Kier alpha value is -6.71. The first-order valence-corrected chi connectivity index (χ1v) is 17.8. The van der Waals surface area contributed by atoms with Crippen molar-refractivity contribution in [3.05, 3.63) is 193 Å². The molecular weight excluding hydrogens is 633 g/mol. The number of benzene rings is 7. The summed E-state index contributed by atoms with van der Waals surface area (Å²) in [6.45, 7) is 1.63. The van der Waals surface area contributed by atoms with E-state index in [0.717, 1.165) is 68.7 Å². The number of furan rings is 1. The van der Waals surface area contributed by atoms with Crippen molar-refractivity contribution in [2.45, 2.75) is 13.1 Å². The summed E-state index contributed by atoms with van der Waals surface area (Å²) >= 11 is 0. The van der Waals surface area contributed by atoms with Gasteiger partial charge in [-0.2, -0.15) is 0 Å². The summed E-state index contributed by atoms with van der Waals surface area (Å²) in [6.07, 6.45) is 0. The predicted octanol–water partition coefficient (Wildman–Crippen LogP) is 12.8. The number of pyridine rings is 1. The summed E-state index contributed by atoms with van der Waals surface area (Å²) in [5.41, 5.74) is 16.9. The van der Waals surface area contributed by atoms with E-state index >= 15 is 0 Å². The minimum Gasteiger partial charge on any atom is -0.456 e. The van der Waals surface area contributed by atoms with Crippen LogP contribution in [0.25, 0.3) is 77.8 Å². The zero-order valence-electron chi connectivity index (χ0n) is 28.5. The van der Waals surface area contributed by atoms with E-state index in [-0.39, 0.29) is 0 Å². The largest absolute Gasteiger partial charge is 0.456 e. The van der Waals surface area contributed by atoms with E-state index in [1.54, 1.807) is 0 Å². The van der Waals surface area contributed by atoms with E-state index in [4.69, 9.17) is 9.40 Å². The zero-order valence-corrected chi connectivity index (χ0v) is 28.5. The molecule has 246 valence electrons. The summed E-state index contributed by atoms with van der Waals surface area (Å²) in [5.74, 6) is 0. The summed E-state index contributed by atoms with van der Waals surface area (Å²) in [6, 6.07) is 65.0. The molecule has 2 aromatic heterocycles. The van der Waals surface area contributed by atoms with Crippen LogP contribution in [0.15, 0.2) is 186 Å². The Balaban J connectivity index is 1.14. The lowest BCUT2D eigenvalue weighted by Gasteiger charge is -2.24. The molecule has 0 fully saturated rings. The number of hydrogen-bond acceptors (Lipinski definition) is 3. The lowest BCUT2D eigenvalue weighted by molar-refractivity contribution is 0.669. The number of fused-ring (bicyclic) bond motifs is 6. The maximum absolute atomic E-state index is 6.30. The smallest absolute Gasteiger partial charge is 0.136 e. The van der Waals surface area contributed by atoms with Gasteiger partial charge in [-0.25, -0.2) is 4.98 Å². The Morgan fingerprint density at radius 1 is 0.385 bits per heavy atom. The number of hydrogen-bond donors (Lipinski definition) is 0. The van der Waals surface area contributed by atoms with Crippen molar-refractivity contribution in [1.29, 1.82) is 0 Å². The number of nitrogens with zero attached hydrogens (tertiary/aromatic N) is 2. The highest BCUT2D eigenvalue weighted by molar-refractivity contribution is 6.06. The van der Waals surface area contributed by atoms with Crippen LogP contribution in [-0.2, 0) is 13.1 Å². The van der Waals surface area contributed by atoms with Crippen molar-refractivity contribution in [1.82, 2.24) is 4.98 Å². The molecule has 0 saturated heterocycles. The van der Waals surface area contributed by atoms with E-state index in [1.807, 2.05) is 12.1 Å². The van der Waals surface area contributed by atoms with Gasteiger partial charge in [0, 0.05) is 40.7 Å². The van der Waals surface area contributed by atoms with E-state index < -0.39 is 0 Å². The number of rotatable bonds is 5. The molecule has 0 bridgehead atoms. The standard InChI is InChI=1S/C49H34N2O/c1-4-12-33(13-5-1)46-28-40(29-47(50-46)34-14-6-2-7-15-34)36-21-23-39-32-51(41-16-8-3-9-17-41)31-38-22-20-35(26-44(38)45(39)27-36)37-24-25-43-42-18-10-11-19-48(42)52-49(43)30-37/h1-30H,31-32H2. The average molecular weight is 667 g/mol. The van der Waals surface area contributed by atoms with Crippen molar-refractivity contribution >= 4 is 27.6 Å². The van der Waals surface area contributed by atoms with Crippen LogP contribution in [0.2, 0.25) is 0 Å². The van der Waals surface area contributed by atoms with E-state index in [9.17, 15) is 0 Å². The second kappa shape index (κ2) is 12.6. The summed E-state index contributed by atoms with van der Waals surface area (Å²) in [7, 11) is 0. The van der Waals surface area contributed by atoms with Crippen LogP contribution in [0.3, 0.4) is 0 Å². The summed E-state index contributed by atoms with van der Waals surface area (Å²) < 4.78 is 6.30. The first-order valence-electron chi connectivity index (χ1n) is 17.8. The molecule has 52 heavy (non-hydrogen) atoms. The molecule has 0 aliphatic carbocycles. The average Bonchev–Trinajstić information content (AvgIpc) is 3.51. The molecular formula is C49H34N2O. The van der Waals surface area contributed by atoms with Crippen molar-refractivity contribution in [3.63, 3.8) is 0 Å². The lowest BCUT2D eigenvalue weighted by atomic mass is 9.90. The Kier molecular flexibility index (Phi) is 7.28. The molecule has 0 amide bonds. The topological polar surface area (TPSA) is 29.3 Å². The van der Waals surface area contributed by atoms with Crippen molar-refractivity contribution in [2.24, 2.45) is 0 Å². The SMILES string of the molecule is c1ccc(-c2cc(-c3ccc4c(c3)-c3cc(-c5ccc6c(c5)oc5ccccc56)ccc3CN(c3ccccc3)C4)cc(-c3ccccc3)n2)cc1. The lowest BCUT2D eigenvalue weighted by Crippen LogP contribution is -2.20. The Morgan fingerprint density at radius 2 is 0.885 bits per heavy atom. The highest BCUT2D eigenvalue weighted by Gasteiger charge is 2.22. The second-order valence-electron chi connectivity index (χ2n) is 13.6. The van der Waals surface area contributed by atoms with Crippen LogP contribution < -0.4 is 4.90 Å². The third-order valence-corrected chi connectivity index (χ3v) is 10.4. The molecule has 10 rings (SSSR count). The molecule has 0 N–H and O–H groups in total. The molecule has 3 heterocycles. The maximum atomic E-state index is 6.30. The van der Waals surface area contributed by atoms with Gasteiger partial charge in [-0.15, -0.1) is 0 Å². The Labute approximate surface area is 303 Å². The minimum absolute atomic E-state index is 0.815. The van der Waals surface area contributed by atoms with Gasteiger partial charge in [-0.3, -0.25) is 0 Å². The minimum atomic E-state index is 0.815. The van der Waals surface area contributed by atoms with Gasteiger partial charge in [0.1, 0.15) is 11.2 Å². The fraction of sp³-hybridized carbons (Fsp3) is 0.0408. The van der Waals surface area contributed by atoms with E-state index in [0.29, 0.717) is 0 Å². The highest BCUT2D eigenvalue weighted by Crippen LogP contribution is 2.41. The van der Waals surface area contributed by atoms with Gasteiger partial charge in [0.15, 0.2) is 0 Å². The quantitative estimate of drug-likeness (QED) is 0.183. The van der Waals surface area contributed by atoms with Gasteiger partial charge in [-0.05, 0) is 99.1 Å². The molecule has 0 atom stereocenters. The summed E-state index contributed by atoms with van der Waals surface area (Å²) in [4.78, 5) is 7.63. The maximum Gasteiger partial charge on any atom is 0.136 e. The van der Waals surface area contributed by atoms with Crippen LogP contribution in [-0.4, -0.2) is 4.98 Å². The summed E-state index contributed by atoms with van der Waals surface area (Å²) in [5, 5.41) is 2.29. The van der Waals surface area contributed by atoms with Crippen LogP contribution in [0.1, 0.15) is 11.1 Å². The van der Waals surface area contributed by atoms with Crippen molar-refractivity contribution in [3.8, 4) is 55.9 Å². The van der Waals surface area contributed by atoms with Crippen LogP contribution in [0, 0.1) is 0 Å². The highest BCUT2D eigenvalue weighted by atomic mass is 16.3. The number of para-hydroxylation sites is 2. The van der Waals surface area contributed by atoms with E-state index in [2.05, 4.69) is 175 Å². The molecule has 1 aliphatic heterocycles. The second-order valence-corrected chi connectivity index (χ2v) is 13.6. The Bertz CT molecular complexity index is 2670. The van der Waals surface area contributed by atoms with Crippen LogP contribution in [0.5, 0.6) is 0 Å². The normalized spacial score (nSPS) is 12.4. The molecule has 0 unspecified atom stereocenters. The predicted molar refractivity (Wildman–Crippen MR) is 215 cm³/mol. The molecule has 0 spiro atoms.